The number of benzene rings is 2. The van der Waals surface area contributed by atoms with Crippen molar-refractivity contribution in [3.05, 3.63) is 59.7 Å². The van der Waals surface area contributed by atoms with Crippen LogP contribution in [0.4, 0.5) is 0 Å². The molecule has 0 heterocycles. The number of hydrogen-bond donors (Lipinski definition) is 2. The highest BCUT2D eigenvalue weighted by Crippen LogP contribution is 2.22. The number of rotatable bonds is 7. The number of aliphatic hydroxyl groups excluding tert-OH is 1. The van der Waals surface area contributed by atoms with E-state index in [1.54, 1.807) is 0 Å². The molecule has 0 unspecified atom stereocenters. The fraction of sp³-hybridized carbons (Fsp3) is 0.294. The summed E-state index contributed by atoms with van der Waals surface area (Å²) in [5, 5.41) is 11.8. The lowest BCUT2D eigenvalue weighted by Crippen LogP contribution is -2.17. The number of aliphatic hydroxyl groups is 1. The first-order valence-corrected chi connectivity index (χ1v) is 6.99. The van der Waals surface area contributed by atoms with Crippen LogP contribution in [0.3, 0.4) is 0 Å². The van der Waals surface area contributed by atoms with E-state index in [2.05, 4.69) is 24.4 Å². The van der Waals surface area contributed by atoms with Crippen molar-refractivity contribution in [1.82, 2.24) is 5.32 Å². The summed E-state index contributed by atoms with van der Waals surface area (Å²) in [6.07, 6.45) is 1.04. The fourth-order valence-electron chi connectivity index (χ4n) is 1.92. The van der Waals surface area contributed by atoms with Gasteiger partial charge < -0.3 is 15.2 Å². The summed E-state index contributed by atoms with van der Waals surface area (Å²) in [5.74, 6) is 1.69. The molecule has 0 bridgehead atoms. The van der Waals surface area contributed by atoms with Gasteiger partial charge in [0.05, 0.1) is 6.61 Å². The van der Waals surface area contributed by atoms with E-state index < -0.39 is 0 Å². The van der Waals surface area contributed by atoms with Gasteiger partial charge in [0.15, 0.2) is 0 Å². The van der Waals surface area contributed by atoms with Gasteiger partial charge in [-0.1, -0.05) is 31.2 Å². The van der Waals surface area contributed by atoms with Crippen LogP contribution in [0.5, 0.6) is 11.5 Å². The smallest absolute Gasteiger partial charge is 0.127 e. The maximum absolute atomic E-state index is 8.71. The van der Waals surface area contributed by atoms with Gasteiger partial charge in [0, 0.05) is 13.1 Å². The molecule has 3 nitrogen and oxygen atoms in total. The molecule has 20 heavy (non-hydrogen) atoms. The monoisotopic (exact) mass is 271 g/mol. The zero-order valence-corrected chi connectivity index (χ0v) is 11.8. The molecule has 106 valence electrons. The molecule has 0 atom stereocenters. The maximum atomic E-state index is 8.71. The first-order chi connectivity index (χ1) is 9.81. The van der Waals surface area contributed by atoms with E-state index in [0.717, 1.165) is 24.5 Å². The quantitative estimate of drug-likeness (QED) is 0.760. The third-order valence-electron chi connectivity index (χ3n) is 3.11. The number of ether oxygens (including phenoxy) is 1. The molecule has 0 aliphatic rings. The van der Waals surface area contributed by atoms with Gasteiger partial charge in [-0.3, -0.25) is 0 Å². The van der Waals surface area contributed by atoms with Gasteiger partial charge >= 0.3 is 0 Å². The Hall–Kier alpha value is -1.84. The Bertz CT molecular complexity index is 506. The van der Waals surface area contributed by atoms with Gasteiger partial charge in [-0.05, 0) is 41.8 Å². The second-order valence-electron chi connectivity index (χ2n) is 4.64. The zero-order valence-electron chi connectivity index (χ0n) is 11.8. The Morgan fingerprint density at radius 2 is 1.45 bits per heavy atom. The molecule has 0 aliphatic carbocycles. The minimum absolute atomic E-state index is 0.162. The SMILES string of the molecule is CCc1ccc(Oc2ccc(CNCCO)cc2)cc1. The third kappa shape index (κ3) is 4.37. The van der Waals surface area contributed by atoms with Crippen molar-refractivity contribution in [1.29, 1.82) is 0 Å². The Morgan fingerprint density at radius 3 is 1.95 bits per heavy atom. The van der Waals surface area contributed by atoms with Gasteiger partial charge in [-0.25, -0.2) is 0 Å². The summed E-state index contributed by atoms with van der Waals surface area (Å²) < 4.78 is 5.80. The molecule has 0 aromatic heterocycles. The van der Waals surface area contributed by atoms with Crippen LogP contribution >= 0.6 is 0 Å². The third-order valence-corrected chi connectivity index (χ3v) is 3.11. The van der Waals surface area contributed by atoms with Crippen molar-refractivity contribution in [3.8, 4) is 11.5 Å². The van der Waals surface area contributed by atoms with E-state index in [1.807, 2.05) is 36.4 Å². The van der Waals surface area contributed by atoms with Crippen LogP contribution < -0.4 is 10.1 Å². The molecule has 2 N–H and O–H groups in total. The second-order valence-corrected chi connectivity index (χ2v) is 4.64. The highest BCUT2D eigenvalue weighted by molar-refractivity contribution is 5.34. The summed E-state index contributed by atoms with van der Waals surface area (Å²) >= 11 is 0. The standard InChI is InChI=1S/C17H21NO2/c1-2-14-3-7-16(8-4-14)20-17-9-5-15(6-10-17)13-18-11-12-19/h3-10,18-19H,2,11-13H2,1H3. The lowest BCUT2D eigenvalue weighted by Gasteiger charge is -2.08. The molecule has 0 radical (unpaired) electrons. The van der Waals surface area contributed by atoms with Crippen LogP contribution in [-0.2, 0) is 13.0 Å². The normalized spacial score (nSPS) is 10.5. The molecule has 2 aromatic rings. The molecule has 0 saturated heterocycles. The van der Waals surface area contributed by atoms with Crippen molar-refractivity contribution in [3.63, 3.8) is 0 Å². The van der Waals surface area contributed by atoms with Crippen molar-refractivity contribution < 1.29 is 9.84 Å². The molecule has 0 saturated carbocycles. The van der Waals surface area contributed by atoms with Crippen molar-refractivity contribution in [2.75, 3.05) is 13.2 Å². The second kappa shape index (κ2) is 7.68. The Morgan fingerprint density at radius 1 is 0.900 bits per heavy atom. The predicted octanol–water partition coefficient (Wildman–Crippen LogP) is 3.12. The Balaban J connectivity index is 1.92. The summed E-state index contributed by atoms with van der Waals surface area (Å²) in [6, 6.07) is 16.1. The number of aryl methyl sites for hydroxylation is 1. The van der Waals surface area contributed by atoms with Crippen molar-refractivity contribution >= 4 is 0 Å². The average Bonchev–Trinajstić information content (AvgIpc) is 2.50. The fourth-order valence-corrected chi connectivity index (χ4v) is 1.92. The van der Waals surface area contributed by atoms with E-state index in [0.29, 0.717) is 6.54 Å². The molecular formula is C17H21NO2. The average molecular weight is 271 g/mol. The lowest BCUT2D eigenvalue weighted by atomic mass is 10.2. The van der Waals surface area contributed by atoms with Crippen LogP contribution in [0, 0.1) is 0 Å². The van der Waals surface area contributed by atoms with Gasteiger partial charge in [0.1, 0.15) is 11.5 Å². The predicted molar refractivity (Wildman–Crippen MR) is 81.1 cm³/mol. The zero-order chi connectivity index (χ0) is 14.2. The maximum Gasteiger partial charge on any atom is 0.127 e. The Kier molecular flexibility index (Phi) is 5.59. The summed E-state index contributed by atoms with van der Waals surface area (Å²) in [7, 11) is 0. The van der Waals surface area contributed by atoms with Crippen molar-refractivity contribution in [2.45, 2.75) is 19.9 Å². The highest BCUT2D eigenvalue weighted by Gasteiger charge is 1.98. The molecule has 0 amide bonds. The van der Waals surface area contributed by atoms with E-state index in [1.165, 1.54) is 11.1 Å². The molecule has 3 heteroatoms. The number of hydrogen-bond acceptors (Lipinski definition) is 3. The molecule has 0 fully saturated rings. The van der Waals surface area contributed by atoms with E-state index in [4.69, 9.17) is 9.84 Å². The lowest BCUT2D eigenvalue weighted by molar-refractivity contribution is 0.292. The van der Waals surface area contributed by atoms with E-state index in [9.17, 15) is 0 Å². The molecule has 0 spiro atoms. The minimum atomic E-state index is 0.162. The first kappa shape index (κ1) is 14.6. The topological polar surface area (TPSA) is 41.5 Å². The molecular weight excluding hydrogens is 250 g/mol. The van der Waals surface area contributed by atoms with E-state index in [-0.39, 0.29) is 6.61 Å². The molecule has 2 aromatic carbocycles. The Labute approximate surface area is 120 Å². The van der Waals surface area contributed by atoms with Crippen LogP contribution in [0.15, 0.2) is 48.5 Å². The minimum Gasteiger partial charge on any atom is -0.457 e. The van der Waals surface area contributed by atoms with Gasteiger partial charge in [0.25, 0.3) is 0 Å². The molecule has 2 rings (SSSR count). The largest absolute Gasteiger partial charge is 0.457 e. The summed E-state index contributed by atoms with van der Waals surface area (Å²) in [6.45, 7) is 3.67. The van der Waals surface area contributed by atoms with Crippen LogP contribution in [-0.4, -0.2) is 18.3 Å². The van der Waals surface area contributed by atoms with Gasteiger partial charge in [-0.15, -0.1) is 0 Å². The van der Waals surface area contributed by atoms with E-state index >= 15 is 0 Å². The van der Waals surface area contributed by atoms with Gasteiger partial charge in [0.2, 0.25) is 0 Å². The highest BCUT2D eigenvalue weighted by atomic mass is 16.5. The van der Waals surface area contributed by atoms with Crippen LogP contribution in [0.2, 0.25) is 0 Å². The molecule has 0 aliphatic heterocycles. The van der Waals surface area contributed by atoms with Crippen molar-refractivity contribution in [2.24, 2.45) is 0 Å². The number of nitrogens with one attached hydrogen (secondary N) is 1. The van der Waals surface area contributed by atoms with Crippen LogP contribution in [0.1, 0.15) is 18.1 Å². The van der Waals surface area contributed by atoms with Gasteiger partial charge in [-0.2, -0.15) is 0 Å². The summed E-state index contributed by atoms with van der Waals surface area (Å²) in [5.41, 5.74) is 2.48. The summed E-state index contributed by atoms with van der Waals surface area (Å²) in [4.78, 5) is 0. The van der Waals surface area contributed by atoms with Crippen LogP contribution in [0.25, 0.3) is 0 Å². The first-order valence-electron chi connectivity index (χ1n) is 6.99.